The topological polar surface area (TPSA) is 139 Å². The zero-order valence-corrected chi connectivity index (χ0v) is 27.5. The highest BCUT2D eigenvalue weighted by Crippen LogP contribution is 2.56. The number of aliphatic hydroxyl groups excluding tert-OH is 1. The molecule has 4 saturated heterocycles. The normalized spacial score (nSPS) is 34.9. The van der Waals surface area contributed by atoms with Gasteiger partial charge in [-0.1, -0.05) is 66.7 Å². The molecule has 6 aliphatic rings. The lowest BCUT2D eigenvalue weighted by molar-refractivity contribution is -0.204. The Balaban J connectivity index is 1.09. The minimum Gasteiger partial charge on any atom is -0.458 e. The fourth-order valence-corrected chi connectivity index (χ4v) is 8.65. The predicted octanol–water partition coefficient (Wildman–Crippen LogP) is 1.99. The molecule has 260 valence electrons. The number of allylic oxidation sites excluding steroid dienone is 1. The maximum atomic E-state index is 15.0. The summed E-state index contributed by atoms with van der Waals surface area (Å²) in [5.41, 5.74) is 1.42. The van der Waals surface area contributed by atoms with Crippen LogP contribution in [-0.2, 0) is 51.1 Å². The number of carbonyl (C=O) groups is 3. The zero-order valence-electron chi connectivity index (χ0n) is 27.5. The Bertz CT molecular complexity index is 1600. The van der Waals surface area contributed by atoms with Crippen molar-refractivity contribution in [3.63, 3.8) is 0 Å². The van der Waals surface area contributed by atoms with E-state index in [9.17, 15) is 14.7 Å². The number of aliphatic hydroxyl groups is 1. The molecule has 2 amide bonds. The highest BCUT2D eigenvalue weighted by atomic mass is 16.8. The van der Waals surface area contributed by atoms with Crippen LogP contribution >= 0.6 is 0 Å². The van der Waals surface area contributed by atoms with Crippen LogP contribution < -0.4 is 5.32 Å². The molecule has 12 heteroatoms. The molecule has 0 aromatic heterocycles. The van der Waals surface area contributed by atoms with Crippen LogP contribution in [0.25, 0.3) is 6.08 Å². The molecule has 0 spiro atoms. The molecule has 8 rings (SSSR count). The summed E-state index contributed by atoms with van der Waals surface area (Å²) in [6.45, 7) is 0.0366. The molecule has 2 bridgehead atoms. The van der Waals surface area contributed by atoms with E-state index in [0.717, 1.165) is 36.0 Å². The molecule has 2 aliphatic carbocycles. The second-order valence-electron chi connectivity index (χ2n) is 14.1. The van der Waals surface area contributed by atoms with Gasteiger partial charge in [0.05, 0.1) is 25.4 Å². The molecule has 49 heavy (non-hydrogen) atoms. The van der Waals surface area contributed by atoms with Crippen molar-refractivity contribution in [3.05, 3.63) is 77.4 Å². The summed E-state index contributed by atoms with van der Waals surface area (Å²) in [4.78, 5) is 50.6. The number of fused-ring (bicyclic) bond motifs is 5. The lowest BCUT2D eigenvalue weighted by Crippen LogP contribution is -2.70. The Morgan fingerprint density at radius 1 is 1.06 bits per heavy atom. The van der Waals surface area contributed by atoms with E-state index in [-0.39, 0.29) is 39.3 Å². The Kier molecular flexibility index (Phi) is 8.79. The summed E-state index contributed by atoms with van der Waals surface area (Å²) in [5, 5.41) is 13.7. The number of hydrogen-bond donors (Lipinski definition) is 2. The molecule has 2 aromatic rings. The maximum absolute atomic E-state index is 15.0. The summed E-state index contributed by atoms with van der Waals surface area (Å²) in [6, 6.07) is 15.5. The summed E-state index contributed by atoms with van der Waals surface area (Å²) in [6.07, 6.45) is 6.22. The van der Waals surface area contributed by atoms with E-state index < -0.39 is 59.7 Å². The van der Waals surface area contributed by atoms with Gasteiger partial charge in [0.25, 0.3) is 0 Å². The lowest BCUT2D eigenvalue weighted by Gasteiger charge is -2.50. The van der Waals surface area contributed by atoms with Crippen molar-refractivity contribution < 1.29 is 43.3 Å². The molecule has 2 saturated carbocycles. The first-order valence-electron chi connectivity index (χ1n) is 17.3. The van der Waals surface area contributed by atoms with E-state index in [1.54, 1.807) is 12.1 Å². The van der Waals surface area contributed by atoms with Crippen LogP contribution in [0.15, 0.2) is 60.7 Å². The van der Waals surface area contributed by atoms with Crippen LogP contribution in [0.3, 0.4) is 0 Å². The molecule has 12 nitrogen and oxygen atoms in total. The van der Waals surface area contributed by atoms with Gasteiger partial charge in [-0.3, -0.25) is 19.2 Å². The number of nitrogens with one attached hydrogen (secondary N) is 1. The molecule has 6 fully saturated rings. The third-order valence-electron chi connectivity index (χ3n) is 11.1. The van der Waals surface area contributed by atoms with Crippen LogP contribution in [0.5, 0.6) is 0 Å². The van der Waals surface area contributed by atoms with Crippen molar-refractivity contribution in [1.29, 1.82) is 0 Å². The Hall–Kier alpha value is -3.65. The molecular weight excluding hydrogens is 630 g/mol. The first kappa shape index (κ1) is 32.5. The van der Waals surface area contributed by atoms with Gasteiger partial charge in [-0.15, -0.1) is 0 Å². The number of benzene rings is 2. The molecule has 4 heterocycles. The quantitative estimate of drug-likeness (QED) is 0.269. The molecule has 0 radical (unpaired) electrons. The average Bonchev–Trinajstić information content (AvgIpc) is 3.55. The van der Waals surface area contributed by atoms with Crippen LogP contribution in [-0.4, -0.2) is 109 Å². The molecule has 3 unspecified atom stereocenters. The lowest BCUT2D eigenvalue weighted by atomic mass is 9.62. The van der Waals surface area contributed by atoms with Gasteiger partial charge in [0.1, 0.15) is 42.7 Å². The fourth-order valence-electron chi connectivity index (χ4n) is 8.65. The number of ether oxygens (including phenoxy) is 4. The summed E-state index contributed by atoms with van der Waals surface area (Å²) >= 11 is 0. The van der Waals surface area contributed by atoms with Crippen LogP contribution in [0.1, 0.15) is 42.4 Å². The highest BCUT2D eigenvalue weighted by molar-refractivity contribution is 5.96. The number of hydroxylamine groups is 2. The van der Waals surface area contributed by atoms with Crippen molar-refractivity contribution >= 4 is 23.9 Å². The second kappa shape index (κ2) is 13.2. The number of amides is 2. The van der Waals surface area contributed by atoms with Crippen LogP contribution in [0.2, 0.25) is 0 Å². The van der Waals surface area contributed by atoms with Crippen molar-refractivity contribution in [1.82, 2.24) is 15.3 Å². The highest BCUT2D eigenvalue weighted by Gasteiger charge is 2.75. The van der Waals surface area contributed by atoms with Crippen molar-refractivity contribution in [2.24, 2.45) is 11.3 Å². The van der Waals surface area contributed by atoms with Gasteiger partial charge >= 0.3 is 5.97 Å². The Morgan fingerprint density at radius 2 is 1.88 bits per heavy atom. The van der Waals surface area contributed by atoms with Crippen molar-refractivity contribution in [2.75, 3.05) is 27.0 Å². The minimum atomic E-state index is -1.39. The molecule has 2 aromatic carbocycles. The van der Waals surface area contributed by atoms with Gasteiger partial charge in [-0.25, -0.2) is 0 Å². The summed E-state index contributed by atoms with van der Waals surface area (Å²) in [7, 11) is 1.59. The van der Waals surface area contributed by atoms with E-state index in [1.807, 2.05) is 48.5 Å². The summed E-state index contributed by atoms with van der Waals surface area (Å²) in [5.74, 6) is -0.871. The van der Waals surface area contributed by atoms with Gasteiger partial charge in [0.15, 0.2) is 6.04 Å². The van der Waals surface area contributed by atoms with E-state index in [2.05, 4.69) is 23.5 Å². The number of carbonyl (C=O) groups excluding carboxylic acids is 3. The Morgan fingerprint density at radius 3 is 2.69 bits per heavy atom. The molecule has 4 aliphatic heterocycles. The first-order valence-corrected chi connectivity index (χ1v) is 17.3. The van der Waals surface area contributed by atoms with Gasteiger partial charge in [0.2, 0.25) is 11.8 Å². The average molecular weight is 674 g/mol. The van der Waals surface area contributed by atoms with E-state index in [4.69, 9.17) is 23.8 Å². The van der Waals surface area contributed by atoms with Crippen LogP contribution in [0, 0.1) is 11.3 Å². The first-order chi connectivity index (χ1) is 23.9. The number of hydrogen-bond acceptors (Lipinski definition) is 10. The molecule has 10 atom stereocenters. The zero-order chi connectivity index (χ0) is 33.7. The minimum absolute atomic E-state index is 0.00286. The number of rotatable bonds is 11. The molecular formula is C37H43N3O9. The van der Waals surface area contributed by atoms with Gasteiger partial charge in [-0.2, -0.15) is 5.06 Å². The third-order valence-corrected chi connectivity index (χ3v) is 11.1. The number of esters is 1. The molecule has 2 N–H and O–H groups in total. The van der Waals surface area contributed by atoms with E-state index >= 15 is 4.79 Å². The van der Waals surface area contributed by atoms with Crippen molar-refractivity contribution in [2.45, 2.75) is 87.4 Å². The fraction of sp³-hybridized carbons (Fsp3) is 0.541. The largest absolute Gasteiger partial charge is 0.458 e. The monoisotopic (exact) mass is 673 g/mol. The Labute approximate surface area is 285 Å². The maximum Gasteiger partial charge on any atom is 0.327 e. The SMILES string of the molecule is CN(C(=O)[C@@]12C[C@H]3OC(=O)[C@@H]1N(Cc1cccc(C=CC4CCC5OC5C4)c1)O[C@@H]2[C@H]1OCO[C@H]13)[C@H](Cc1ccccc1)C(=O)NCCO. The van der Waals surface area contributed by atoms with Gasteiger partial charge < -0.3 is 34.3 Å². The number of epoxide rings is 1. The third kappa shape index (κ3) is 5.98. The van der Waals surface area contributed by atoms with E-state index in [0.29, 0.717) is 18.1 Å². The van der Waals surface area contributed by atoms with Gasteiger partial charge in [0, 0.05) is 26.4 Å². The second-order valence-corrected chi connectivity index (χ2v) is 14.1. The van der Waals surface area contributed by atoms with Crippen LogP contribution in [0.4, 0.5) is 0 Å². The van der Waals surface area contributed by atoms with E-state index in [1.165, 1.54) is 4.90 Å². The van der Waals surface area contributed by atoms with Gasteiger partial charge in [-0.05, 0) is 41.9 Å². The smallest absolute Gasteiger partial charge is 0.327 e. The number of nitrogens with zero attached hydrogens (tertiary/aromatic N) is 2. The standard InChI is InChI=1S/C37H43N3O9/c1-39(26(34(42)38-14-15-41)17-22-6-3-2-4-7-22)36(44)37-19-29-30-31(46-21-45-30)33(37)49-40(32(37)35(43)48-29)20-25-9-5-8-23(16-25)10-11-24-12-13-27-28(18-24)47-27/h2-11,16,24,26-33,41H,12-15,17-21H2,1H3,(H,38,42)/t24?,26-,27?,28?,29-,30+,31+,32+,33-,37+/m1/s1. The predicted molar refractivity (Wildman–Crippen MR) is 174 cm³/mol. The summed E-state index contributed by atoms with van der Waals surface area (Å²) < 4.78 is 23.5. The number of likely N-dealkylation sites (N-methyl/N-ethyl adjacent to an activating group) is 1. The van der Waals surface area contributed by atoms with Crippen molar-refractivity contribution in [3.8, 4) is 0 Å².